The summed E-state index contributed by atoms with van der Waals surface area (Å²) in [6.45, 7) is 2.19. The fourth-order valence-electron chi connectivity index (χ4n) is 1.67. The third-order valence-corrected chi connectivity index (χ3v) is 2.56. The van der Waals surface area contributed by atoms with E-state index in [0.29, 0.717) is 0 Å². The van der Waals surface area contributed by atoms with Gasteiger partial charge in [-0.15, -0.1) is 0 Å². The molecule has 0 saturated heterocycles. The topological polar surface area (TPSA) is 20.2 Å². The zero-order valence-corrected chi connectivity index (χ0v) is 8.50. The van der Waals surface area contributed by atoms with Gasteiger partial charge in [-0.05, 0) is 24.8 Å². The fraction of sp³-hybridized carbons (Fsp3) is 0.667. The van der Waals surface area contributed by atoms with Gasteiger partial charge in [0.15, 0.2) is 0 Å². The van der Waals surface area contributed by atoms with Gasteiger partial charge in [-0.25, -0.2) is 0 Å². The molecule has 0 spiro atoms. The predicted octanol–water partition coefficient (Wildman–Crippen LogP) is 3.20. The first kappa shape index (κ1) is 10.5. The van der Waals surface area contributed by atoms with Crippen molar-refractivity contribution in [3.8, 4) is 0 Å². The molecule has 0 fully saturated rings. The van der Waals surface area contributed by atoms with Crippen molar-refractivity contribution < 1.29 is 5.11 Å². The van der Waals surface area contributed by atoms with Crippen molar-refractivity contribution in [2.45, 2.75) is 51.6 Å². The fourth-order valence-corrected chi connectivity index (χ4v) is 1.67. The van der Waals surface area contributed by atoms with Gasteiger partial charge >= 0.3 is 0 Å². The zero-order valence-electron chi connectivity index (χ0n) is 8.50. The van der Waals surface area contributed by atoms with Crippen molar-refractivity contribution in [1.29, 1.82) is 0 Å². The number of allylic oxidation sites excluding steroid dienone is 3. The minimum Gasteiger partial charge on any atom is -0.389 e. The molecule has 1 N–H and O–H groups in total. The first-order chi connectivity index (χ1) is 6.34. The van der Waals surface area contributed by atoms with Crippen LogP contribution in [0.25, 0.3) is 0 Å². The van der Waals surface area contributed by atoms with Crippen LogP contribution in [-0.2, 0) is 0 Å². The monoisotopic (exact) mass is 180 g/mol. The molecule has 0 saturated carbocycles. The summed E-state index contributed by atoms with van der Waals surface area (Å²) in [7, 11) is 0. The third kappa shape index (κ3) is 3.77. The Morgan fingerprint density at radius 2 is 2.31 bits per heavy atom. The molecule has 1 aliphatic rings. The quantitative estimate of drug-likeness (QED) is 0.644. The molecule has 0 amide bonds. The molecule has 1 nitrogen and oxygen atoms in total. The second-order valence-electron chi connectivity index (χ2n) is 3.72. The second-order valence-corrected chi connectivity index (χ2v) is 3.72. The van der Waals surface area contributed by atoms with Gasteiger partial charge in [0, 0.05) is 0 Å². The van der Waals surface area contributed by atoms with E-state index in [9.17, 15) is 5.11 Å². The summed E-state index contributed by atoms with van der Waals surface area (Å²) in [4.78, 5) is 0. The average molecular weight is 180 g/mol. The first-order valence-corrected chi connectivity index (χ1v) is 5.38. The molecular weight excluding hydrogens is 160 g/mol. The molecule has 1 aliphatic carbocycles. The van der Waals surface area contributed by atoms with Crippen molar-refractivity contribution in [3.63, 3.8) is 0 Å². The van der Waals surface area contributed by atoms with Gasteiger partial charge in [0.05, 0.1) is 6.10 Å². The van der Waals surface area contributed by atoms with Crippen molar-refractivity contribution >= 4 is 0 Å². The Labute approximate surface area is 81.2 Å². The van der Waals surface area contributed by atoms with Gasteiger partial charge in [-0.3, -0.25) is 0 Å². The van der Waals surface area contributed by atoms with Crippen molar-refractivity contribution in [1.82, 2.24) is 0 Å². The SMILES string of the molecule is CCCCCC(O)C1=CC=CCC1. The van der Waals surface area contributed by atoms with Crippen LogP contribution in [-0.4, -0.2) is 11.2 Å². The van der Waals surface area contributed by atoms with Crippen LogP contribution in [0.2, 0.25) is 0 Å². The van der Waals surface area contributed by atoms with Gasteiger partial charge < -0.3 is 5.11 Å². The molecule has 0 aromatic carbocycles. The van der Waals surface area contributed by atoms with Crippen LogP contribution < -0.4 is 0 Å². The zero-order chi connectivity index (χ0) is 9.52. The number of hydrogen-bond acceptors (Lipinski definition) is 1. The summed E-state index contributed by atoms with van der Waals surface area (Å²) >= 11 is 0. The molecular formula is C12H20O. The van der Waals surface area contributed by atoms with Gasteiger partial charge in [-0.1, -0.05) is 44.4 Å². The standard InChI is InChI=1S/C12H20O/c1-2-3-5-10-12(13)11-8-6-4-7-9-11/h4,6,8,12-13H,2-3,5,7,9-10H2,1H3. The third-order valence-electron chi connectivity index (χ3n) is 2.56. The van der Waals surface area contributed by atoms with Crippen LogP contribution in [0.15, 0.2) is 23.8 Å². The summed E-state index contributed by atoms with van der Waals surface area (Å²) in [6.07, 6.45) is 12.8. The molecule has 0 heterocycles. The molecule has 0 aromatic heterocycles. The Kier molecular flexibility index (Phi) is 4.84. The molecule has 0 bridgehead atoms. The van der Waals surface area contributed by atoms with E-state index in [1.165, 1.54) is 18.4 Å². The summed E-state index contributed by atoms with van der Waals surface area (Å²) < 4.78 is 0. The molecule has 13 heavy (non-hydrogen) atoms. The highest BCUT2D eigenvalue weighted by atomic mass is 16.3. The number of aliphatic hydroxyl groups excluding tert-OH is 1. The summed E-state index contributed by atoms with van der Waals surface area (Å²) in [5.74, 6) is 0. The minimum absolute atomic E-state index is 0.184. The summed E-state index contributed by atoms with van der Waals surface area (Å²) in [5, 5.41) is 9.80. The predicted molar refractivity (Wildman–Crippen MR) is 56.6 cm³/mol. The number of rotatable bonds is 5. The van der Waals surface area contributed by atoms with Crippen LogP contribution in [0.4, 0.5) is 0 Å². The number of unbranched alkanes of at least 4 members (excludes halogenated alkanes) is 2. The van der Waals surface area contributed by atoms with Gasteiger partial charge in [0.25, 0.3) is 0 Å². The molecule has 1 rings (SSSR count). The van der Waals surface area contributed by atoms with Crippen LogP contribution in [0.3, 0.4) is 0 Å². The lowest BCUT2D eigenvalue weighted by Crippen LogP contribution is -2.11. The Morgan fingerprint density at radius 3 is 2.92 bits per heavy atom. The summed E-state index contributed by atoms with van der Waals surface area (Å²) in [5.41, 5.74) is 1.22. The highest BCUT2D eigenvalue weighted by Crippen LogP contribution is 2.19. The Balaban J connectivity index is 2.25. The van der Waals surface area contributed by atoms with Crippen molar-refractivity contribution in [2.75, 3.05) is 0 Å². The van der Waals surface area contributed by atoms with E-state index in [1.807, 2.05) is 0 Å². The van der Waals surface area contributed by atoms with E-state index in [0.717, 1.165) is 25.7 Å². The van der Waals surface area contributed by atoms with Crippen LogP contribution in [0, 0.1) is 0 Å². The van der Waals surface area contributed by atoms with Crippen LogP contribution in [0.1, 0.15) is 45.4 Å². The molecule has 0 radical (unpaired) electrons. The number of hydrogen-bond donors (Lipinski definition) is 1. The lowest BCUT2D eigenvalue weighted by Gasteiger charge is -2.15. The lowest BCUT2D eigenvalue weighted by atomic mass is 9.96. The van der Waals surface area contributed by atoms with E-state index in [4.69, 9.17) is 0 Å². The normalized spacial score (nSPS) is 18.5. The Bertz CT molecular complexity index is 191. The van der Waals surface area contributed by atoms with Crippen molar-refractivity contribution in [2.24, 2.45) is 0 Å². The largest absolute Gasteiger partial charge is 0.389 e. The Morgan fingerprint density at radius 1 is 1.46 bits per heavy atom. The maximum Gasteiger partial charge on any atom is 0.0753 e. The second kappa shape index (κ2) is 5.98. The van der Waals surface area contributed by atoms with Crippen LogP contribution in [0.5, 0.6) is 0 Å². The Hall–Kier alpha value is -0.560. The molecule has 0 aromatic rings. The van der Waals surface area contributed by atoms with Crippen LogP contribution >= 0.6 is 0 Å². The smallest absolute Gasteiger partial charge is 0.0753 e. The number of aliphatic hydroxyl groups is 1. The van der Waals surface area contributed by atoms with E-state index >= 15 is 0 Å². The van der Waals surface area contributed by atoms with Crippen molar-refractivity contribution in [3.05, 3.63) is 23.8 Å². The first-order valence-electron chi connectivity index (χ1n) is 5.38. The maximum atomic E-state index is 9.80. The van der Waals surface area contributed by atoms with E-state index < -0.39 is 0 Å². The minimum atomic E-state index is -0.184. The van der Waals surface area contributed by atoms with E-state index in [2.05, 4.69) is 25.2 Å². The molecule has 1 unspecified atom stereocenters. The molecule has 74 valence electrons. The highest BCUT2D eigenvalue weighted by Gasteiger charge is 2.10. The highest BCUT2D eigenvalue weighted by molar-refractivity contribution is 5.20. The van der Waals surface area contributed by atoms with Gasteiger partial charge in [0.1, 0.15) is 0 Å². The maximum absolute atomic E-state index is 9.80. The molecule has 1 atom stereocenters. The average Bonchev–Trinajstić information content (AvgIpc) is 2.19. The summed E-state index contributed by atoms with van der Waals surface area (Å²) in [6, 6.07) is 0. The lowest BCUT2D eigenvalue weighted by molar-refractivity contribution is 0.192. The van der Waals surface area contributed by atoms with Gasteiger partial charge in [-0.2, -0.15) is 0 Å². The van der Waals surface area contributed by atoms with E-state index in [1.54, 1.807) is 0 Å². The van der Waals surface area contributed by atoms with E-state index in [-0.39, 0.29) is 6.10 Å². The molecule has 0 aliphatic heterocycles. The molecule has 1 heteroatoms. The van der Waals surface area contributed by atoms with Gasteiger partial charge in [0.2, 0.25) is 0 Å².